The first kappa shape index (κ1) is 28.0. The van der Waals surface area contributed by atoms with Gasteiger partial charge < -0.3 is 24.9 Å². The number of nitrogens with one attached hydrogen (secondary N) is 2. The van der Waals surface area contributed by atoms with Crippen LogP contribution in [0.2, 0.25) is 0 Å². The molecule has 1 aromatic heterocycles. The number of carbonyl (C=O) groups is 1. The summed E-state index contributed by atoms with van der Waals surface area (Å²) in [7, 11) is 1.93. The summed E-state index contributed by atoms with van der Waals surface area (Å²) >= 11 is 6.05. The summed E-state index contributed by atoms with van der Waals surface area (Å²) in [6, 6.07) is 6.94. The van der Waals surface area contributed by atoms with Crippen molar-refractivity contribution in [2.75, 3.05) is 57.8 Å². The van der Waals surface area contributed by atoms with E-state index in [9.17, 15) is 22.8 Å². The number of alkyl halides is 3. The second kappa shape index (κ2) is 11.5. The molecule has 1 fully saturated rings. The second-order valence-corrected chi connectivity index (χ2v) is 10.5. The van der Waals surface area contributed by atoms with Gasteiger partial charge in [0, 0.05) is 65.5 Å². The van der Waals surface area contributed by atoms with Crippen molar-refractivity contribution in [3.8, 4) is 0 Å². The van der Waals surface area contributed by atoms with Crippen molar-refractivity contribution in [3.05, 3.63) is 68.7 Å². The van der Waals surface area contributed by atoms with Gasteiger partial charge in [-0.2, -0.15) is 18.3 Å². The number of benzene rings is 1. The third-order valence-electron chi connectivity index (χ3n) is 7.38. The first-order valence-corrected chi connectivity index (χ1v) is 13.4. The second-order valence-electron chi connectivity index (χ2n) is 9.98. The van der Waals surface area contributed by atoms with Crippen LogP contribution in [0.15, 0.2) is 51.5 Å². The van der Waals surface area contributed by atoms with E-state index in [1.54, 1.807) is 11.1 Å². The highest BCUT2D eigenvalue weighted by Gasteiger charge is 2.41. The number of likely N-dealkylation sites (N-methyl/N-ethyl adjacent to an activating group) is 1. The van der Waals surface area contributed by atoms with Crippen molar-refractivity contribution in [3.63, 3.8) is 0 Å². The van der Waals surface area contributed by atoms with Crippen LogP contribution in [-0.4, -0.2) is 89.6 Å². The fourth-order valence-electron chi connectivity index (χ4n) is 5.45. The van der Waals surface area contributed by atoms with E-state index in [1.165, 1.54) is 0 Å². The summed E-state index contributed by atoms with van der Waals surface area (Å²) in [5.41, 5.74) is -1.06. The minimum atomic E-state index is -4.84. The standard InChI is InChI=1S/C26H30ClF3N8O2/c1-35-16-18(27)12-32-25(35)37-10-8-36(9-11-37)22(39)6-7-31-13-20-19-5-3-2-4-17(19)15-38(20)21-14-33-34-24(40)23(21)26(28,29)30/h2-5,12,14,20,31H,6-11,13,15-16H2,1H3,(H,34,40)/t20-/m0/s1. The van der Waals surface area contributed by atoms with Gasteiger partial charge in [-0.25, -0.2) is 10.1 Å². The SMILES string of the molecule is CN1CC(Cl)=CN=C1N1CCN(C(=O)CCNC[C@H]2c3ccccc3CN2c2cn[nH]c(=O)c2C(F)(F)F)CC1. The summed E-state index contributed by atoms with van der Waals surface area (Å²) in [5.74, 6) is 0.847. The van der Waals surface area contributed by atoms with Gasteiger partial charge >= 0.3 is 6.18 Å². The predicted molar refractivity (Wildman–Crippen MR) is 145 cm³/mol. The van der Waals surface area contributed by atoms with Crippen LogP contribution in [-0.2, 0) is 17.5 Å². The number of aliphatic imine (C=N–C) groups is 1. The number of halogens is 4. The molecule has 2 aromatic rings. The molecule has 14 heteroatoms. The average Bonchev–Trinajstić information content (AvgIpc) is 3.29. The van der Waals surface area contributed by atoms with Crippen molar-refractivity contribution in [1.82, 2.24) is 30.2 Å². The zero-order chi connectivity index (χ0) is 28.4. The van der Waals surface area contributed by atoms with Crippen molar-refractivity contribution in [2.45, 2.75) is 25.2 Å². The highest BCUT2D eigenvalue weighted by molar-refractivity contribution is 6.30. The number of fused-ring (bicyclic) bond motifs is 1. The number of aromatic amines is 1. The Labute approximate surface area is 234 Å². The normalized spacial score (nSPS) is 19.5. The first-order chi connectivity index (χ1) is 19.1. The molecule has 0 unspecified atom stereocenters. The van der Waals surface area contributed by atoms with Gasteiger partial charge in [-0.1, -0.05) is 35.9 Å². The maximum atomic E-state index is 13.8. The maximum Gasteiger partial charge on any atom is 0.423 e. The molecular weight excluding hydrogens is 549 g/mol. The lowest BCUT2D eigenvalue weighted by molar-refractivity contribution is -0.138. The van der Waals surface area contributed by atoms with E-state index in [4.69, 9.17) is 11.6 Å². The van der Waals surface area contributed by atoms with Crippen molar-refractivity contribution in [2.24, 2.45) is 4.99 Å². The number of hydrogen-bond donors (Lipinski definition) is 2. The molecule has 214 valence electrons. The lowest BCUT2D eigenvalue weighted by Crippen LogP contribution is -2.54. The fourth-order valence-corrected chi connectivity index (χ4v) is 5.68. The lowest BCUT2D eigenvalue weighted by Gasteiger charge is -2.39. The molecule has 1 amide bonds. The summed E-state index contributed by atoms with van der Waals surface area (Å²) in [5, 5.41) is 9.46. The Morgan fingerprint density at radius 2 is 1.93 bits per heavy atom. The molecule has 1 atom stereocenters. The molecule has 0 radical (unpaired) electrons. The number of aromatic nitrogens is 2. The van der Waals surface area contributed by atoms with Crippen LogP contribution >= 0.6 is 11.6 Å². The van der Waals surface area contributed by atoms with Gasteiger partial charge in [-0.05, 0) is 11.1 Å². The molecule has 1 saturated heterocycles. The van der Waals surface area contributed by atoms with E-state index in [0.29, 0.717) is 50.8 Å². The molecule has 0 saturated carbocycles. The Balaban J connectivity index is 1.19. The Hall–Kier alpha value is -3.58. The monoisotopic (exact) mass is 578 g/mol. The van der Waals surface area contributed by atoms with Gasteiger partial charge in [0.1, 0.15) is 5.56 Å². The number of anilines is 1. The molecule has 2 N–H and O–H groups in total. The third kappa shape index (κ3) is 5.80. The third-order valence-corrected chi connectivity index (χ3v) is 7.60. The molecule has 0 aliphatic carbocycles. The van der Waals surface area contributed by atoms with Crippen LogP contribution in [0.1, 0.15) is 29.2 Å². The van der Waals surface area contributed by atoms with E-state index >= 15 is 0 Å². The average molecular weight is 579 g/mol. The summed E-state index contributed by atoms with van der Waals surface area (Å²) in [4.78, 5) is 36.9. The highest BCUT2D eigenvalue weighted by atomic mass is 35.5. The number of rotatable bonds is 6. The Kier molecular flexibility index (Phi) is 8.04. The van der Waals surface area contributed by atoms with Crippen LogP contribution in [0, 0.1) is 0 Å². The first-order valence-electron chi connectivity index (χ1n) is 13.0. The van der Waals surface area contributed by atoms with E-state index in [0.717, 1.165) is 23.3 Å². The zero-order valence-electron chi connectivity index (χ0n) is 21.9. The Morgan fingerprint density at radius 3 is 2.65 bits per heavy atom. The lowest BCUT2D eigenvalue weighted by atomic mass is 10.0. The van der Waals surface area contributed by atoms with Crippen molar-refractivity contribution < 1.29 is 18.0 Å². The number of piperazine rings is 1. The van der Waals surface area contributed by atoms with Crippen LogP contribution in [0.25, 0.3) is 0 Å². The van der Waals surface area contributed by atoms with Gasteiger partial charge in [-0.3, -0.25) is 9.59 Å². The Morgan fingerprint density at radius 1 is 1.18 bits per heavy atom. The van der Waals surface area contributed by atoms with Crippen molar-refractivity contribution >= 4 is 29.2 Å². The summed E-state index contributed by atoms with van der Waals surface area (Å²) in [6.07, 6.45) is -1.88. The zero-order valence-corrected chi connectivity index (χ0v) is 22.7. The number of nitrogens with zero attached hydrogens (tertiary/aromatic N) is 6. The number of hydrogen-bond acceptors (Lipinski definition) is 8. The van der Waals surface area contributed by atoms with Gasteiger partial charge in [0.25, 0.3) is 5.56 Å². The molecule has 40 heavy (non-hydrogen) atoms. The number of H-pyrrole nitrogens is 1. The fraction of sp³-hybridized carbons (Fsp3) is 0.462. The van der Waals surface area contributed by atoms with Crippen LogP contribution in [0.5, 0.6) is 0 Å². The maximum absolute atomic E-state index is 13.8. The smallest absolute Gasteiger partial charge is 0.357 e. The van der Waals surface area contributed by atoms with Gasteiger partial charge in [0.2, 0.25) is 11.9 Å². The van der Waals surface area contributed by atoms with Crippen LogP contribution in [0.4, 0.5) is 18.9 Å². The molecule has 3 aliphatic rings. The van der Waals surface area contributed by atoms with E-state index in [2.05, 4.69) is 20.3 Å². The van der Waals surface area contributed by atoms with E-state index in [1.807, 2.05) is 46.2 Å². The molecule has 10 nitrogen and oxygen atoms in total. The Bertz CT molecular complexity index is 1370. The van der Waals surface area contributed by atoms with E-state index < -0.39 is 23.3 Å². The topological polar surface area (TPSA) is 100 Å². The molecule has 3 aliphatic heterocycles. The summed E-state index contributed by atoms with van der Waals surface area (Å²) in [6.45, 7) is 3.94. The summed E-state index contributed by atoms with van der Waals surface area (Å²) < 4.78 is 41.4. The largest absolute Gasteiger partial charge is 0.423 e. The molecule has 0 spiro atoms. The van der Waals surface area contributed by atoms with E-state index in [-0.39, 0.29) is 24.6 Å². The van der Waals surface area contributed by atoms with Crippen LogP contribution in [0.3, 0.4) is 0 Å². The number of carbonyl (C=O) groups excluding carboxylic acids is 1. The van der Waals surface area contributed by atoms with Crippen LogP contribution < -0.4 is 15.8 Å². The highest BCUT2D eigenvalue weighted by Crippen LogP contribution is 2.41. The number of amides is 1. The minimum Gasteiger partial charge on any atom is -0.357 e. The van der Waals surface area contributed by atoms with Gasteiger partial charge in [0.15, 0.2) is 0 Å². The minimum absolute atomic E-state index is 0.0101. The van der Waals surface area contributed by atoms with Crippen molar-refractivity contribution in [1.29, 1.82) is 0 Å². The number of guanidine groups is 1. The predicted octanol–water partition coefficient (Wildman–Crippen LogP) is 2.36. The van der Waals surface area contributed by atoms with Gasteiger partial charge in [-0.15, -0.1) is 0 Å². The van der Waals surface area contributed by atoms with Gasteiger partial charge in [0.05, 0.1) is 29.5 Å². The molecular formula is C26H30ClF3N8O2. The molecule has 0 bridgehead atoms. The molecule has 4 heterocycles. The molecule has 5 rings (SSSR count). The quantitative estimate of drug-likeness (QED) is 0.508. The molecule has 1 aromatic carbocycles.